The van der Waals surface area contributed by atoms with Crippen molar-refractivity contribution in [2.24, 2.45) is 0 Å². The Labute approximate surface area is 123 Å². The lowest BCUT2D eigenvalue weighted by molar-refractivity contribution is -0.134. The molecule has 0 aliphatic rings. The van der Waals surface area contributed by atoms with Gasteiger partial charge in [-0.05, 0) is 18.1 Å². The van der Waals surface area contributed by atoms with Crippen molar-refractivity contribution in [1.29, 1.82) is 0 Å². The van der Waals surface area contributed by atoms with Crippen LogP contribution in [0.2, 0.25) is 18.1 Å². The van der Waals surface area contributed by atoms with E-state index in [2.05, 4.69) is 38.6 Å². The van der Waals surface area contributed by atoms with Crippen LogP contribution in [-0.2, 0) is 18.8 Å². The molecule has 114 valence electrons. The van der Waals surface area contributed by atoms with E-state index in [1.807, 2.05) is 0 Å². The van der Waals surface area contributed by atoms with Crippen LogP contribution in [0.3, 0.4) is 0 Å². The highest BCUT2D eigenvalue weighted by Gasteiger charge is 2.38. The standard InChI is InChI=1S/C15H26O4Si/c1-15(2,3)20(5,6)19-13(11-12-16)9-7-8-10-14(17)18-4/h7-10,12-13H,11H2,1-6H3/b9-7+,10-8-/t13-/m1/s1. The molecule has 0 fully saturated rings. The third-order valence-corrected chi connectivity index (χ3v) is 7.96. The summed E-state index contributed by atoms with van der Waals surface area (Å²) in [5, 5.41) is 0.0871. The first-order valence-corrected chi connectivity index (χ1v) is 9.59. The summed E-state index contributed by atoms with van der Waals surface area (Å²) < 4.78 is 10.6. The van der Waals surface area contributed by atoms with Crippen LogP contribution in [0.25, 0.3) is 0 Å². The third kappa shape index (κ3) is 6.82. The van der Waals surface area contributed by atoms with E-state index in [4.69, 9.17) is 4.43 Å². The summed E-state index contributed by atoms with van der Waals surface area (Å²) >= 11 is 0. The minimum Gasteiger partial charge on any atom is -0.466 e. The first kappa shape index (κ1) is 18.8. The molecule has 0 aromatic rings. The van der Waals surface area contributed by atoms with Gasteiger partial charge >= 0.3 is 5.97 Å². The lowest BCUT2D eigenvalue weighted by atomic mass is 10.2. The van der Waals surface area contributed by atoms with Crippen molar-refractivity contribution in [1.82, 2.24) is 0 Å². The predicted molar refractivity (Wildman–Crippen MR) is 83.0 cm³/mol. The minimum atomic E-state index is -1.92. The van der Waals surface area contributed by atoms with Crippen LogP contribution in [0.15, 0.2) is 24.3 Å². The topological polar surface area (TPSA) is 52.6 Å². The van der Waals surface area contributed by atoms with Crippen molar-refractivity contribution >= 4 is 20.6 Å². The number of methoxy groups -OCH3 is 1. The maximum absolute atomic E-state index is 10.9. The zero-order valence-electron chi connectivity index (χ0n) is 13.3. The van der Waals surface area contributed by atoms with Crippen LogP contribution < -0.4 is 0 Å². The summed E-state index contributed by atoms with van der Waals surface area (Å²) in [6.07, 6.45) is 7.32. The van der Waals surface area contributed by atoms with Gasteiger partial charge in [0, 0.05) is 12.5 Å². The fraction of sp³-hybridized carbons (Fsp3) is 0.600. The second-order valence-electron chi connectivity index (χ2n) is 6.09. The Balaban J connectivity index is 4.74. The minimum absolute atomic E-state index is 0.0871. The molecule has 4 nitrogen and oxygen atoms in total. The van der Waals surface area contributed by atoms with Crippen LogP contribution in [-0.4, -0.2) is 33.8 Å². The molecule has 0 radical (unpaired) electrons. The average molecular weight is 298 g/mol. The van der Waals surface area contributed by atoms with Gasteiger partial charge in [-0.1, -0.05) is 39.0 Å². The first-order chi connectivity index (χ1) is 9.14. The number of carbonyl (C=O) groups excluding carboxylic acids is 2. The predicted octanol–water partition coefficient (Wildman–Crippen LogP) is 3.25. The zero-order valence-corrected chi connectivity index (χ0v) is 14.3. The Kier molecular flexibility index (Phi) is 7.67. The van der Waals surface area contributed by atoms with E-state index in [1.54, 1.807) is 18.2 Å². The Hall–Kier alpha value is -1.20. The van der Waals surface area contributed by atoms with Crippen molar-refractivity contribution in [2.45, 2.75) is 51.4 Å². The highest BCUT2D eigenvalue weighted by molar-refractivity contribution is 6.74. The first-order valence-electron chi connectivity index (χ1n) is 6.68. The van der Waals surface area contributed by atoms with E-state index in [1.165, 1.54) is 13.2 Å². The molecule has 5 heteroatoms. The Bertz CT molecular complexity index is 378. The summed E-state index contributed by atoms with van der Waals surface area (Å²) in [6, 6.07) is 0. The van der Waals surface area contributed by atoms with Gasteiger partial charge in [0.15, 0.2) is 8.32 Å². The molecule has 0 aromatic carbocycles. The number of carbonyl (C=O) groups is 2. The molecule has 0 saturated carbocycles. The van der Waals surface area contributed by atoms with E-state index in [9.17, 15) is 9.59 Å². The quantitative estimate of drug-likeness (QED) is 0.238. The van der Waals surface area contributed by atoms with Crippen LogP contribution in [0.4, 0.5) is 0 Å². The SMILES string of the molecule is COC(=O)/C=C\C=C\[C@H](CC=O)O[Si](C)(C)C(C)(C)C. The molecule has 0 amide bonds. The lowest BCUT2D eigenvalue weighted by Crippen LogP contribution is -2.43. The molecule has 0 saturated heterocycles. The Morgan fingerprint density at radius 1 is 1.25 bits per heavy atom. The number of aldehydes is 1. The third-order valence-electron chi connectivity index (χ3n) is 3.45. The van der Waals surface area contributed by atoms with Gasteiger partial charge in [-0.3, -0.25) is 0 Å². The van der Waals surface area contributed by atoms with E-state index in [0.717, 1.165) is 6.29 Å². The monoisotopic (exact) mass is 298 g/mol. The van der Waals surface area contributed by atoms with Crippen LogP contribution >= 0.6 is 0 Å². The van der Waals surface area contributed by atoms with E-state index in [-0.39, 0.29) is 11.1 Å². The highest BCUT2D eigenvalue weighted by Crippen LogP contribution is 2.37. The maximum Gasteiger partial charge on any atom is 0.330 e. The van der Waals surface area contributed by atoms with E-state index in [0.29, 0.717) is 6.42 Å². The molecule has 1 atom stereocenters. The normalized spacial score (nSPS) is 14.7. The van der Waals surface area contributed by atoms with Crippen molar-refractivity contribution in [3.63, 3.8) is 0 Å². The molecular formula is C15H26O4Si. The molecule has 0 N–H and O–H groups in total. The molecule has 0 rings (SSSR count). The van der Waals surface area contributed by atoms with E-state index >= 15 is 0 Å². The smallest absolute Gasteiger partial charge is 0.330 e. The summed E-state index contributed by atoms with van der Waals surface area (Å²) in [4.78, 5) is 21.7. The Morgan fingerprint density at radius 2 is 1.85 bits per heavy atom. The van der Waals surface area contributed by atoms with Crippen LogP contribution in [0.5, 0.6) is 0 Å². The summed E-state index contributed by atoms with van der Waals surface area (Å²) in [6.45, 7) is 10.7. The average Bonchev–Trinajstić information content (AvgIpc) is 2.32. The highest BCUT2D eigenvalue weighted by atomic mass is 28.4. The number of rotatable bonds is 7. The van der Waals surface area contributed by atoms with Gasteiger partial charge in [0.25, 0.3) is 0 Å². The molecule has 0 spiro atoms. The number of allylic oxidation sites excluding steroid dienone is 2. The molecule has 0 unspecified atom stereocenters. The number of hydrogen-bond donors (Lipinski definition) is 0. The lowest BCUT2D eigenvalue weighted by Gasteiger charge is -2.38. The number of esters is 1. The molecule has 0 bridgehead atoms. The molecule has 0 aliphatic carbocycles. The fourth-order valence-corrected chi connectivity index (χ4v) is 2.49. The van der Waals surface area contributed by atoms with Crippen molar-refractivity contribution in [3.05, 3.63) is 24.3 Å². The van der Waals surface area contributed by atoms with Gasteiger partial charge in [0.1, 0.15) is 6.29 Å². The zero-order chi connectivity index (χ0) is 15.8. The maximum atomic E-state index is 10.9. The van der Waals surface area contributed by atoms with Gasteiger partial charge < -0.3 is 14.0 Å². The van der Waals surface area contributed by atoms with Crippen LogP contribution in [0.1, 0.15) is 27.2 Å². The van der Waals surface area contributed by atoms with Gasteiger partial charge in [-0.15, -0.1) is 0 Å². The molecule has 0 aromatic heterocycles. The van der Waals surface area contributed by atoms with Gasteiger partial charge in [-0.25, -0.2) is 4.79 Å². The number of hydrogen-bond acceptors (Lipinski definition) is 4. The second-order valence-corrected chi connectivity index (χ2v) is 10.8. The van der Waals surface area contributed by atoms with E-state index < -0.39 is 14.3 Å². The molecule has 20 heavy (non-hydrogen) atoms. The largest absolute Gasteiger partial charge is 0.466 e. The van der Waals surface area contributed by atoms with Crippen molar-refractivity contribution < 1.29 is 18.8 Å². The molecule has 0 aliphatic heterocycles. The Morgan fingerprint density at radius 3 is 2.30 bits per heavy atom. The van der Waals surface area contributed by atoms with Crippen molar-refractivity contribution in [3.8, 4) is 0 Å². The van der Waals surface area contributed by atoms with Gasteiger partial charge in [-0.2, -0.15) is 0 Å². The van der Waals surface area contributed by atoms with Gasteiger partial charge in [0.05, 0.1) is 13.2 Å². The summed E-state index contributed by atoms with van der Waals surface area (Å²) in [5.74, 6) is -0.410. The van der Waals surface area contributed by atoms with Gasteiger partial charge in [0.2, 0.25) is 0 Å². The number of ether oxygens (including phenoxy) is 1. The van der Waals surface area contributed by atoms with Crippen LogP contribution in [0, 0.1) is 0 Å². The summed E-state index contributed by atoms with van der Waals surface area (Å²) in [5.41, 5.74) is 0. The van der Waals surface area contributed by atoms with Crippen molar-refractivity contribution in [2.75, 3.05) is 7.11 Å². The summed E-state index contributed by atoms with van der Waals surface area (Å²) in [7, 11) is -0.594. The fourth-order valence-electron chi connectivity index (χ4n) is 1.21. The second kappa shape index (κ2) is 8.17. The molecular weight excluding hydrogens is 272 g/mol. The molecule has 0 heterocycles.